The minimum Gasteiger partial charge on any atom is -0.324 e. The highest BCUT2D eigenvalue weighted by Gasteiger charge is 2.13. The molecule has 0 saturated heterocycles. The van der Waals surface area contributed by atoms with Crippen molar-refractivity contribution in [1.29, 1.82) is 0 Å². The first-order chi connectivity index (χ1) is 6.93. The molecule has 1 unspecified atom stereocenters. The normalized spacial score (nSPS) is 12.3. The second kappa shape index (κ2) is 4.45. The van der Waals surface area contributed by atoms with Crippen molar-refractivity contribution in [3.63, 3.8) is 0 Å². The first-order valence-corrected chi connectivity index (χ1v) is 5.04. The molecule has 1 rings (SSSR count). The molecule has 1 aromatic carbocycles. The number of benzene rings is 1. The van der Waals surface area contributed by atoms with Gasteiger partial charge in [0.25, 0.3) is 0 Å². The molecule has 0 aliphatic carbocycles. The van der Waals surface area contributed by atoms with Gasteiger partial charge in [-0.3, -0.25) is 4.79 Å². The van der Waals surface area contributed by atoms with Crippen LogP contribution >= 0.6 is 0 Å². The quantitative estimate of drug-likeness (QED) is 0.804. The van der Waals surface area contributed by atoms with E-state index in [1.54, 1.807) is 18.9 Å². The largest absolute Gasteiger partial charge is 0.324 e. The maximum atomic E-state index is 11.3. The topological polar surface area (TPSA) is 46.3 Å². The number of nitrogens with two attached hydrogens (primary N) is 1. The van der Waals surface area contributed by atoms with Gasteiger partial charge < -0.3 is 10.6 Å². The minimum absolute atomic E-state index is 0.0146. The fourth-order valence-electron chi connectivity index (χ4n) is 1.51. The van der Waals surface area contributed by atoms with Gasteiger partial charge in [-0.05, 0) is 25.5 Å². The fourth-order valence-corrected chi connectivity index (χ4v) is 1.51. The average Bonchev–Trinajstić information content (AvgIpc) is 2.16. The molecule has 1 aromatic rings. The summed E-state index contributed by atoms with van der Waals surface area (Å²) in [7, 11) is 1.76. The number of rotatable bonds is 2. The van der Waals surface area contributed by atoms with Gasteiger partial charge >= 0.3 is 0 Å². The molecule has 0 fully saturated rings. The van der Waals surface area contributed by atoms with E-state index in [1.807, 2.05) is 32.0 Å². The van der Waals surface area contributed by atoms with Crippen LogP contribution in [0.15, 0.2) is 18.2 Å². The van der Waals surface area contributed by atoms with Crippen LogP contribution in [0.25, 0.3) is 0 Å². The zero-order chi connectivity index (χ0) is 11.6. The van der Waals surface area contributed by atoms with Crippen molar-refractivity contribution < 1.29 is 4.79 Å². The Morgan fingerprint density at radius 2 is 2.07 bits per heavy atom. The molecular formula is C12H18N2O. The van der Waals surface area contributed by atoms with Crippen LogP contribution in [0.3, 0.4) is 0 Å². The predicted molar refractivity (Wildman–Crippen MR) is 62.9 cm³/mol. The first kappa shape index (κ1) is 11.7. The Balaban J connectivity index is 3.22. The number of amides is 1. The number of hydrogen-bond acceptors (Lipinski definition) is 2. The lowest BCUT2D eigenvalue weighted by Gasteiger charge is -2.21. The summed E-state index contributed by atoms with van der Waals surface area (Å²) in [6.45, 7) is 5.49. The molecule has 82 valence electrons. The molecule has 0 aromatic heterocycles. The summed E-state index contributed by atoms with van der Waals surface area (Å²) < 4.78 is 0. The standard InChI is InChI=1S/C12H18N2O/c1-8-5-6-12(14(4)10(3)15)11(7-8)9(2)13/h5-7,9H,13H2,1-4H3. The smallest absolute Gasteiger partial charge is 0.223 e. The van der Waals surface area contributed by atoms with Crippen molar-refractivity contribution in [1.82, 2.24) is 0 Å². The van der Waals surface area contributed by atoms with Gasteiger partial charge in [-0.25, -0.2) is 0 Å². The molecule has 0 heterocycles. The van der Waals surface area contributed by atoms with Gasteiger partial charge in [-0.1, -0.05) is 17.7 Å². The molecule has 0 saturated carbocycles. The molecule has 15 heavy (non-hydrogen) atoms. The maximum absolute atomic E-state index is 11.3. The van der Waals surface area contributed by atoms with E-state index in [0.29, 0.717) is 0 Å². The van der Waals surface area contributed by atoms with E-state index in [0.717, 1.165) is 16.8 Å². The van der Waals surface area contributed by atoms with E-state index in [2.05, 4.69) is 0 Å². The van der Waals surface area contributed by atoms with Crippen LogP contribution in [0.5, 0.6) is 0 Å². The van der Waals surface area contributed by atoms with Crippen LogP contribution in [0, 0.1) is 6.92 Å². The summed E-state index contributed by atoms with van der Waals surface area (Å²) in [5.41, 5.74) is 8.94. The average molecular weight is 206 g/mol. The van der Waals surface area contributed by atoms with Crippen LogP contribution in [0.2, 0.25) is 0 Å². The number of carbonyl (C=O) groups is 1. The molecule has 0 aliphatic rings. The van der Waals surface area contributed by atoms with Crippen molar-refractivity contribution in [2.45, 2.75) is 26.8 Å². The van der Waals surface area contributed by atoms with Crippen molar-refractivity contribution in [2.75, 3.05) is 11.9 Å². The Morgan fingerprint density at radius 3 is 2.53 bits per heavy atom. The highest BCUT2D eigenvalue weighted by molar-refractivity contribution is 5.91. The Bertz CT molecular complexity index is 372. The summed E-state index contributed by atoms with van der Waals surface area (Å²) in [5.74, 6) is 0.0146. The molecular weight excluding hydrogens is 188 g/mol. The van der Waals surface area contributed by atoms with Crippen LogP contribution in [-0.2, 0) is 4.79 Å². The molecule has 3 heteroatoms. The van der Waals surface area contributed by atoms with Crippen molar-refractivity contribution >= 4 is 11.6 Å². The summed E-state index contributed by atoms with van der Waals surface area (Å²) >= 11 is 0. The van der Waals surface area contributed by atoms with Crippen LogP contribution < -0.4 is 10.6 Å². The summed E-state index contributed by atoms with van der Waals surface area (Å²) in [6.07, 6.45) is 0. The van der Waals surface area contributed by atoms with Crippen LogP contribution in [0.4, 0.5) is 5.69 Å². The van der Waals surface area contributed by atoms with E-state index in [9.17, 15) is 4.79 Å². The first-order valence-electron chi connectivity index (χ1n) is 5.04. The number of hydrogen-bond donors (Lipinski definition) is 1. The number of carbonyl (C=O) groups excluding carboxylic acids is 1. The molecule has 1 amide bonds. The highest BCUT2D eigenvalue weighted by atomic mass is 16.2. The Kier molecular flexibility index (Phi) is 3.48. The molecule has 0 spiro atoms. The Morgan fingerprint density at radius 1 is 1.47 bits per heavy atom. The zero-order valence-electron chi connectivity index (χ0n) is 9.74. The number of nitrogens with zero attached hydrogens (tertiary/aromatic N) is 1. The molecule has 0 aliphatic heterocycles. The van der Waals surface area contributed by atoms with Crippen molar-refractivity contribution in [2.24, 2.45) is 5.73 Å². The number of anilines is 1. The lowest BCUT2D eigenvalue weighted by Crippen LogP contribution is -2.25. The Hall–Kier alpha value is -1.35. The summed E-state index contributed by atoms with van der Waals surface area (Å²) in [4.78, 5) is 12.9. The van der Waals surface area contributed by atoms with E-state index in [-0.39, 0.29) is 11.9 Å². The second-order valence-electron chi connectivity index (χ2n) is 3.93. The predicted octanol–water partition coefficient (Wildman–Crippen LogP) is 2.00. The lowest BCUT2D eigenvalue weighted by molar-refractivity contribution is -0.116. The van der Waals surface area contributed by atoms with Crippen LogP contribution in [0.1, 0.15) is 31.0 Å². The third-order valence-corrected chi connectivity index (χ3v) is 2.51. The van der Waals surface area contributed by atoms with Gasteiger partial charge in [0.15, 0.2) is 0 Å². The summed E-state index contributed by atoms with van der Waals surface area (Å²) in [5, 5.41) is 0. The third-order valence-electron chi connectivity index (χ3n) is 2.51. The summed E-state index contributed by atoms with van der Waals surface area (Å²) in [6, 6.07) is 5.89. The van der Waals surface area contributed by atoms with E-state index >= 15 is 0 Å². The molecule has 2 N–H and O–H groups in total. The van der Waals surface area contributed by atoms with Gasteiger partial charge in [0.05, 0.1) is 0 Å². The zero-order valence-corrected chi connectivity index (χ0v) is 9.74. The van der Waals surface area contributed by atoms with Gasteiger partial charge in [0, 0.05) is 25.7 Å². The van der Waals surface area contributed by atoms with Gasteiger partial charge in [0.2, 0.25) is 5.91 Å². The Labute approximate surface area is 90.9 Å². The fraction of sp³-hybridized carbons (Fsp3) is 0.417. The monoisotopic (exact) mass is 206 g/mol. The van der Waals surface area contributed by atoms with Gasteiger partial charge in [-0.15, -0.1) is 0 Å². The molecule has 0 radical (unpaired) electrons. The number of aryl methyl sites for hydroxylation is 1. The van der Waals surface area contributed by atoms with Crippen molar-refractivity contribution in [3.8, 4) is 0 Å². The van der Waals surface area contributed by atoms with E-state index in [1.165, 1.54) is 0 Å². The second-order valence-corrected chi connectivity index (χ2v) is 3.93. The van der Waals surface area contributed by atoms with Gasteiger partial charge in [0.1, 0.15) is 0 Å². The molecule has 1 atom stereocenters. The maximum Gasteiger partial charge on any atom is 0.223 e. The molecule has 3 nitrogen and oxygen atoms in total. The molecule has 0 bridgehead atoms. The van der Waals surface area contributed by atoms with E-state index in [4.69, 9.17) is 5.73 Å². The van der Waals surface area contributed by atoms with Crippen LogP contribution in [-0.4, -0.2) is 13.0 Å². The van der Waals surface area contributed by atoms with E-state index < -0.39 is 0 Å². The van der Waals surface area contributed by atoms with Crippen molar-refractivity contribution in [3.05, 3.63) is 29.3 Å². The third kappa shape index (κ3) is 2.57. The highest BCUT2D eigenvalue weighted by Crippen LogP contribution is 2.25. The minimum atomic E-state index is -0.0679. The lowest BCUT2D eigenvalue weighted by atomic mass is 10.0. The van der Waals surface area contributed by atoms with Gasteiger partial charge in [-0.2, -0.15) is 0 Å². The SMILES string of the molecule is CC(=O)N(C)c1ccc(C)cc1C(C)N.